The Hall–Kier alpha value is -1.63. The van der Waals surface area contributed by atoms with Crippen LogP contribution in [0.15, 0.2) is 54.6 Å². The summed E-state index contributed by atoms with van der Waals surface area (Å²) in [6.45, 7) is 3.98. The molecule has 0 heterocycles. The van der Waals surface area contributed by atoms with E-state index in [1.165, 1.54) is 0 Å². The fourth-order valence-corrected chi connectivity index (χ4v) is 2.44. The molecule has 0 N–H and O–H groups in total. The van der Waals surface area contributed by atoms with Crippen molar-refractivity contribution in [2.24, 2.45) is 0 Å². The highest BCUT2D eigenvalue weighted by Crippen LogP contribution is 2.13. The van der Waals surface area contributed by atoms with Crippen molar-refractivity contribution < 1.29 is 9.84 Å². The SMILES string of the molecule is CC(C)Oc1ccc(P=C([O-])c2ccccc2)cc1. The molecule has 0 bridgehead atoms. The van der Waals surface area contributed by atoms with Gasteiger partial charge in [-0.3, -0.25) is 0 Å². The lowest BCUT2D eigenvalue weighted by Gasteiger charge is -2.12. The van der Waals surface area contributed by atoms with Crippen molar-refractivity contribution in [3.05, 3.63) is 60.2 Å². The topological polar surface area (TPSA) is 32.3 Å². The molecule has 2 aromatic carbocycles. The molecule has 0 aliphatic heterocycles. The summed E-state index contributed by atoms with van der Waals surface area (Å²) in [6.07, 6.45) is 0.161. The molecule has 2 nitrogen and oxygen atoms in total. The molecule has 3 heteroatoms. The molecule has 0 aliphatic rings. The first kappa shape index (κ1) is 13.8. The van der Waals surface area contributed by atoms with Crippen LogP contribution in [0.1, 0.15) is 19.4 Å². The zero-order valence-corrected chi connectivity index (χ0v) is 11.9. The summed E-state index contributed by atoms with van der Waals surface area (Å²) >= 11 is 0. The van der Waals surface area contributed by atoms with Crippen molar-refractivity contribution >= 4 is 19.0 Å². The maximum Gasteiger partial charge on any atom is 0.119 e. The van der Waals surface area contributed by atoms with Crippen LogP contribution in [-0.4, -0.2) is 11.6 Å². The molecule has 0 unspecified atom stereocenters. The summed E-state index contributed by atoms with van der Waals surface area (Å²) in [7, 11) is 0.692. The first-order valence-electron chi connectivity index (χ1n) is 6.23. The zero-order chi connectivity index (χ0) is 13.7. The first-order chi connectivity index (χ1) is 9.15. The molecule has 98 valence electrons. The molecule has 0 saturated carbocycles. The van der Waals surface area contributed by atoms with E-state index in [1.54, 1.807) is 0 Å². The molecule has 0 saturated heterocycles. The first-order valence-corrected chi connectivity index (χ1v) is 7.12. The molecule has 0 spiro atoms. The van der Waals surface area contributed by atoms with Crippen LogP contribution in [0.25, 0.3) is 0 Å². The Morgan fingerprint density at radius 2 is 1.63 bits per heavy atom. The van der Waals surface area contributed by atoms with Crippen molar-refractivity contribution in [3.8, 4) is 5.75 Å². The van der Waals surface area contributed by atoms with Crippen molar-refractivity contribution in [2.75, 3.05) is 0 Å². The molecule has 0 aliphatic carbocycles. The van der Waals surface area contributed by atoms with Crippen LogP contribution in [0.5, 0.6) is 5.75 Å². The minimum absolute atomic E-state index is 0.109. The van der Waals surface area contributed by atoms with Gasteiger partial charge in [-0.05, 0) is 43.7 Å². The highest BCUT2D eigenvalue weighted by Gasteiger charge is 1.97. The molecule has 2 rings (SSSR count). The molecule has 0 atom stereocenters. The van der Waals surface area contributed by atoms with Crippen molar-refractivity contribution in [1.82, 2.24) is 0 Å². The van der Waals surface area contributed by atoms with Crippen LogP contribution >= 0.6 is 8.20 Å². The molecule has 0 amide bonds. The quantitative estimate of drug-likeness (QED) is 0.801. The molecule has 0 radical (unpaired) electrons. The Morgan fingerprint density at radius 3 is 2.21 bits per heavy atom. The molecule has 0 fully saturated rings. The number of benzene rings is 2. The predicted molar refractivity (Wildman–Crippen MR) is 79.3 cm³/mol. The lowest BCUT2D eigenvalue weighted by molar-refractivity contribution is -0.207. The van der Waals surface area contributed by atoms with Gasteiger partial charge in [0.25, 0.3) is 0 Å². The van der Waals surface area contributed by atoms with E-state index < -0.39 is 0 Å². The fraction of sp³-hybridized carbons (Fsp3) is 0.188. The average Bonchev–Trinajstić information content (AvgIpc) is 2.41. The third kappa shape index (κ3) is 4.20. The van der Waals surface area contributed by atoms with E-state index in [0.717, 1.165) is 16.6 Å². The third-order valence-electron chi connectivity index (χ3n) is 2.46. The van der Waals surface area contributed by atoms with Crippen LogP contribution in [0.4, 0.5) is 0 Å². The third-order valence-corrected chi connectivity index (χ3v) is 3.48. The van der Waals surface area contributed by atoms with E-state index in [0.29, 0.717) is 8.20 Å². The van der Waals surface area contributed by atoms with Gasteiger partial charge in [-0.15, -0.1) is 5.48 Å². The van der Waals surface area contributed by atoms with Gasteiger partial charge >= 0.3 is 0 Å². The van der Waals surface area contributed by atoms with Gasteiger partial charge in [0.05, 0.1) is 6.10 Å². The molecule has 19 heavy (non-hydrogen) atoms. The Kier molecular flexibility index (Phi) is 4.73. The predicted octanol–water partition coefficient (Wildman–Crippen LogP) is 2.58. The number of hydrogen-bond acceptors (Lipinski definition) is 2. The second kappa shape index (κ2) is 6.51. The average molecular weight is 271 g/mol. The largest absolute Gasteiger partial charge is 0.823 e. The Morgan fingerprint density at radius 1 is 1.00 bits per heavy atom. The Balaban J connectivity index is 2.15. The minimum atomic E-state index is 0.109. The lowest BCUT2D eigenvalue weighted by atomic mass is 10.2. The number of rotatable bonds is 4. The highest BCUT2D eigenvalue weighted by molar-refractivity contribution is 7.48. The molecule has 2 aromatic rings. The van der Waals surface area contributed by atoms with Crippen LogP contribution < -0.4 is 15.1 Å². The standard InChI is InChI=1S/C16H17O2P/c1-12(2)18-14-8-10-15(11-9-14)19-16(17)13-6-4-3-5-7-13/h3-12,17H,1-2H3/p-1. The van der Waals surface area contributed by atoms with Gasteiger partial charge in [0, 0.05) is 5.30 Å². The van der Waals surface area contributed by atoms with Crippen LogP contribution in [0.3, 0.4) is 0 Å². The molecular weight excluding hydrogens is 255 g/mol. The Bertz CT molecular complexity index is 545. The Labute approximate surface area is 115 Å². The van der Waals surface area contributed by atoms with E-state index in [4.69, 9.17) is 4.74 Å². The van der Waals surface area contributed by atoms with E-state index in [9.17, 15) is 5.11 Å². The van der Waals surface area contributed by atoms with Crippen molar-refractivity contribution in [1.29, 1.82) is 0 Å². The second-order valence-corrected chi connectivity index (χ2v) is 5.59. The smallest absolute Gasteiger partial charge is 0.119 e. The van der Waals surface area contributed by atoms with Gasteiger partial charge in [0.1, 0.15) is 5.75 Å². The van der Waals surface area contributed by atoms with E-state index in [2.05, 4.69) is 0 Å². The summed E-state index contributed by atoms with van der Waals surface area (Å²) in [5, 5.41) is 13.0. The molecular formula is C16H16O2P-. The normalized spacial score (nSPS) is 11.7. The fourth-order valence-electron chi connectivity index (χ4n) is 1.63. The zero-order valence-electron chi connectivity index (χ0n) is 11.0. The summed E-state index contributed by atoms with van der Waals surface area (Å²) in [5.74, 6) is 0.834. The second-order valence-electron chi connectivity index (χ2n) is 4.44. The van der Waals surface area contributed by atoms with Crippen LogP contribution in [0, 0.1) is 0 Å². The minimum Gasteiger partial charge on any atom is -0.823 e. The monoisotopic (exact) mass is 271 g/mol. The number of hydrogen-bond donors (Lipinski definition) is 0. The van der Waals surface area contributed by atoms with Crippen molar-refractivity contribution in [2.45, 2.75) is 20.0 Å². The maximum absolute atomic E-state index is 12.0. The number of ether oxygens (including phenoxy) is 1. The summed E-state index contributed by atoms with van der Waals surface area (Å²) in [5.41, 5.74) is 0.852. The highest BCUT2D eigenvalue weighted by atomic mass is 31.1. The summed E-state index contributed by atoms with van der Waals surface area (Å²) in [4.78, 5) is 0. The van der Waals surface area contributed by atoms with E-state index in [1.807, 2.05) is 68.4 Å². The van der Waals surface area contributed by atoms with Gasteiger partial charge in [-0.2, -0.15) is 0 Å². The van der Waals surface area contributed by atoms with E-state index in [-0.39, 0.29) is 11.6 Å². The van der Waals surface area contributed by atoms with E-state index >= 15 is 0 Å². The molecule has 0 aromatic heterocycles. The van der Waals surface area contributed by atoms with Crippen molar-refractivity contribution in [3.63, 3.8) is 0 Å². The van der Waals surface area contributed by atoms with Crippen LogP contribution in [-0.2, 0) is 0 Å². The summed E-state index contributed by atoms with van der Waals surface area (Å²) in [6, 6.07) is 17.0. The van der Waals surface area contributed by atoms with Gasteiger partial charge in [-0.25, -0.2) is 0 Å². The lowest BCUT2D eigenvalue weighted by Crippen LogP contribution is -2.17. The van der Waals surface area contributed by atoms with Gasteiger partial charge in [-0.1, -0.05) is 38.5 Å². The maximum atomic E-state index is 12.0. The van der Waals surface area contributed by atoms with Gasteiger partial charge in [0.2, 0.25) is 0 Å². The van der Waals surface area contributed by atoms with Gasteiger partial charge < -0.3 is 9.84 Å². The van der Waals surface area contributed by atoms with Gasteiger partial charge in [0.15, 0.2) is 0 Å². The van der Waals surface area contributed by atoms with Crippen LogP contribution in [0.2, 0.25) is 0 Å². The summed E-state index contributed by atoms with van der Waals surface area (Å²) < 4.78 is 5.57.